The average Bonchev–Trinajstić information content (AvgIpc) is 2.66. The highest BCUT2D eigenvalue weighted by molar-refractivity contribution is 5.86. The van der Waals surface area contributed by atoms with Crippen molar-refractivity contribution in [1.82, 2.24) is 10.6 Å². The molecule has 0 fully saturated rings. The number of hydrogen-bond acceptors (Lipinski definition) is 2. The summed E-state index contributed by atoms with van der Waals surface area (Å²) in [6.45, 7) is 1.80. The molecule has 4 heteroatoms. The fourth-order valence-electron chi connectivity index (χ4n) is 3.02. The number of urea groups is 1. The van der Waals surface area contributed by atoms with Crippen molar-refractivity contribution < 1.29 is 9.90 Å². The van der Waals surface area contributed by atoms with Crippen molar-refractivity contribution in [2.45, 2.75) is 19.0 Å². The summed E-state index contributed by atoms with van der Waals surface area (Å²) >= 11 is 0. The van der Waals surface area contributed by atoms with Gasteiger partial charge in [-0.05, 0) is 28.8 Å². The summed E-state index contributed by atoms with van der Waals surface area (Å²) in [6, 6.07) is 22.7. The number of rotatable bonds is 5. The quantitative estimate of drug-likeness (QED) is 0.662. The minimum atomic E-state index is -0.430. The number of carbonyl (C=O) groups excluding carboxylic acids is 1. The first kappa shape index (κ1) is 17.0. The number of nitrogens with one attached hydrogen (secondary N) is 2. The smallest absolute Gasteiger partial charge is 0.315 e. The van der Waals surface area contributed by atoms with Crippen LogP contribution in [0.25, 0.3) is 10.8 Å². The molecule has 0 saturated heterocycles. The molecule has 0 aliphatic rings. The molecule has 0 aromatic heterocycles. The largest absolute Gasteiger partial charge is 0.394 e. The van der Waals surface area contributed by atoms with Gasteiger partial charge in [-0.15, -0.1) is 0 Å². The number of amides is 2. The summed E-state index contributed by atoms with van der Waals surface area (Å²) in [7, 11) is 0. The Balaban J connectivity index is 1.71. The average molecular weight is 334 g/mol. The van der Waals surface area contributed by atoms with Crippen molar-refractivity contribution in [3.05, 3.63) is 83.9 Å². The van der Waals surface area contributed by atoms with Crippen molar-refractivity contribution in [3.8, 4) is 0 Å². The second-order valence-electron chi connectivity index (χ2n) is 6.05. The second-order valence-corrected chi connectivity index (χ2v) is 6.05. The molecule has 0 aliphatic heterocycles. The lowest BCUT2D eigenvalue weighted by Gasteiger charge is -2.21. The van der Waals surface area contributed by atoms with Crippen molar-refractivity contribution >= 4 is 16.8 Å². The van der Waals surface area contributed by atoms with E-state index in [0.29, 0.717) is 0 Å². The first-order valence-corrected chi connectivity index (χ1v) is 8.39. The summed E-state index contributed by atoms with van der Waals surface area (Å²) in [4.78, 5) is 12.4. The van der Waals surface area contributed by atoms with Crippen LogP contribution in [0.4, 0.5) is 4.79 Å². The molecular weight excluding hydrogens is 312 g/mol. The standard InChI is InChI=1S/C21H22N2O2/c1-15(18-13-7-11-16-8-5-6-12-19(16)18)22-21(25)23-20(14-24)17-9-3-2-4-10-17/h2-13,15,20,24H,14H2,1H3,(H2,22,23,25). The second kappa shape index (κ2) is 7.81. The maximum Gasteiger partial charge on any atom is 0.315 e. The summed E-state index contributed by atoms with van der Waals surface area (Å²) in [6.07, 6.45) is 0. The Morgan fingerprint density at radius 3 is 2.36 bits per heavy atom. The van der Waals surface area contributed by atoms with Gasteiger partial charge in [0.2, 0.25) is 0 Å². The Labute approximate surface area is 147 Å². The van der Waals surface area contributed by atoms with Crippen molar-refractivity contribution in [3.63, 3.8) is 0 Å². The van der Waals surface area contributed by atoms with E-state index in [0.717, 1.165) is 21.9 Å². The molecule has 25 heavy (non-hydrogen) atoms. The molecule has 2 unspecified atom stereocenters. The first-order chi connectivity index (χ1) is 12.2. The fourth-order valence-corrected chi connectivity index (χ4v) is 3.02. The number of aliphatic hydroxyl groups is 1. The van der Waals surface area contributed by atoms with Crippen LogP contribution in [-0.4, -0.2) is 17.7 Å². The lowest BCUT2D eigenvalue weighted by Crippen LogP contribution is -2.40. The van der Waals surface area contributed by atoms with Gasteiger partial charge in [-0.2, -0.15) is 0 Å². The summed E-state index contributed by atoms with van der Waals surface area (Å²) in [5.74, 6) is 0. The van der Waals surface area contributed by atoms with Gasteiger partial charge in [0, 0.05) is 0 Å². The third-order valence-corrected chi connectivity index (χ3v) is 4.33. The van der Waals surface area contributed by atoms with Crippen LogP contribution in [0, 0.1) is 0 Å². The van der Waals surface area contributed by atoms with E-state index in [2.05, 4.69) is 28.8 Å². The van der Waals surface area contributed by atoms with Crippen molar-refractivity contribution in [2.75, 3.05) is 6.61 Å². The topological polar surface area (TPSA) is 61.4 Å². The molecule has 3 rings (SSSR count). The lowest BCUT2D eigenvalue weighted by atomic mass is 10.00. The minimum Gasteiger partial charge on any atom is -0.394 e. The Morgan fingerprint density at radius 2 is 1.60 bits per heavy atom. The molecule has 2 amide bonds. The normalized spacial score (nSPS) is 13.2. The number of fused-ring (bicyclic) bond motifs is 1. The number of carbonyl (C=O) groups is 1. The van der Waals surface area contributed by atoms with E-state index in [4.69, 9.17) is 0 Å². The van der Waals surface area contributed by atoms with Gasteiger partial charge in [-0.25, -0.2) is 4.79 Å². The number of aliphatic hydroxyl groups excluding tert-OH is 1. The van der Waals surface area contributed by atoms with E-state index in [1.54, 1.807) is 0 Å². The lowest BCUT2D eigenvalue weighted by molar-refractivity contribution is 0.215. The van der Waals surface area contributed by atoms with Crippen LogP contribution in [-0.2, 0) is 0 Å². The van der Waals surface area contributed by atoms with Crippen LogP contribution in [0.2, 0.25) is 0 Å². The monoisotopic (exact) mass is 334 g/mol. The zero-order valence-electron chi connectivity index (χ0n) is 14.1. The molecule has 0 bridgehead atoms. The SMILES string of the molecule is CC(NC(=O)NC(CO)c1ccccc1)c1cccc2ccccc12. The van der Waals surface area contributed by atoms with Crippen LogP contribution in [0.3, 0.4) is 0 Å². The molecule has 2 atom stereocenters. The van der Waals surface area contributed by atoms with Crippen LogP contribution < -0.4 is 10.6 Å². The van der Waals surface area contributed by atoms with Gasteiger partial charge in [0.1, 0.15) is 0 Å². The molecule has 0 aliphatic carbocycles. The maximum absolute atomic E-state index is 12.4. The Morgan fingerprint density at radius 1 is 0.920 bits per heavy atom. The zero-order chi connectivity index (χ0) is 17.6. The number of hydrogen-bond donors (Lipinski definition) is 3. The Kier molecular flexibility index (Phi) is 5.31. The molecular formula is C21H22N2O2. The van der Waals surface area contributed by atoms with Crippen LogP contribution in [0.5, 0.6) is 0 Å². The van der Waals surface area contributed by atoms with E-state index in [-0.39, 0.29) is 18.7 Å². The summed E-state index contributed by atoms with van der Waals surface area (Å²) < 4.78 is 0. The Bertz CT molecular complexity index is 843. The maximum atomic E-state index is 12.4. The fraction of sp³-hybridized carbons (Fsp3) is 0.190. The molecule has 0 saturated carbocycles. The van der Waals surface area contributed by atoms with Gasteiger partial charge in [-0.1, -0.05) is 72.8 Å². The molecule has 3 aromatic rings. The minimum absolute atomic E-state index is 0.152. The zero-order valence-corrected chi connectivity index (χ0v) is 14.1. The van der Waals surface area contributed by atoms with Crippen LogP contribution >= 0.6 is 0 Å². The van der Waals surface area contributed by atoms with Gasteiger partial charge in [0.05, 0.1) is 18.7 Å². The Hall–Kier alpha value is -2.85. The first-order valence-electron chi connectivity index (χ1n) is 8.39. The van der Waals surface area contributed by atoms with Crippen molar-refractivity contribution in [2.24, 2.45) is 0 Å². The van der Waals surface area contributed by atoms with Crippen molar-refractivity contribution in [1.29, 1.82) is 0 Å². The molecule has 0 radical (unpaired) electrons. The van der Waals surface area contributed by atoms with Gasteiger partial charge in [0.25, 0.3) is 0 Å². The molecule has 4 nitrogen and oxygen atoms in total. The summed E-state index contributed by atoms with van der Waals surface area (Å²) in [5, 5.41) is 17.6. The van der Waals surface area contributed by atoms with E-state index < -0.39 is 6.04 Å². The molecule has 0 heterocycles. The highest BCUT2D eigenvalue weighted by Crippen LogP contribution is 2.24. The van der Waals surface area contributed by atoms with Gasteiger partial charge in [-0.3, -0.25) is 0 Å². The summed E-state index contributed by atoms with van der Waals surface area (Å²) in [5.41, 5.74) is 1.94. The molecule has 3 N–H and O–H groups in total. The van der Waals surface area contributed by atoms with E-state index in [1.165, 1.54) is 0 Å². The van der Waals surface area contributed by atoms with Gasteiger partial charge >= 0.3 is 6.03 Å². The highest BCUT2D eigenvalue weighted by Gasteiger charge is 2.16. The highest BCUT2D eigenvalue weighted by atomic mass is 16.3. The van der Waals surface area contributed by atoms with E-state index >= 15 is 0 Å². The molecule has 128 valence electrons. The van der Waals surface area contributed by atoms with Gasteiger partial charge < -0.3 is 15.7 Å². The third-order valence-electron chi connectivity index (χ3n) is 4.33. The predicted octanol–water partition coefficient (Wildman–Crippen LogP) is 3.93. The van der Waals surface area contributed by atoms with Gasteiger partial charge in [0.15, 0.2) is 0 Å². The number of benzene rings is 3. The van der Waals surface area contributed by atoms with Crippen LogP contribution in [0.15, 0.2) is 72.8 Å². The molecule has 3 aromatic carbocycles. The van der Waals surface area contributed by atoms with Crippen LogP contribution in [0.1, 0.15) is 30.1 Å². The molecule has 0 spiro atoms. The predicted molar refractivity (Wildman–Crippen MR) is 100 cm³/mol. The van der Waals surface area contributed by atoms with E-state index in [1.807, 2.05) is 61.5 Å². The third kappa shape index (κ3) is 3.98. The van der Waals surface area contributed by atoms with E-state index in [9.17, 15) is 9.90 Å².